The molecule has 0 spiro atoms. The van der Waals surface area contributed by atoms with E-state index < -0.39 is 11.6 Å². The Morgan fingerprint density at radius 2 is 1.94 bits per heavy atom. The number of rotatable bonds is 3. The van der Waals surface area contributed by atoms with Crippen molar-refractivity contribution < 1.29 is 13.2 Å². The molecule has 2 aromatic rings. The lowest BCUT2D eigenvalue weighted by Crippen LogP contribution is -2.04. The minimum absolute atomic E-state index is 0.0658. The summed E-state index contributed by atoms with van der Waals surface area (Å²) in [4.78, 5) is 0. The fourth-order valence-electron chi connectivity index (χ4n) is 1.28. The van der Waals surface area contributed by atoms with Gasteiger partial charge in [-0.2, -0.15) is 0 Å². The van der Waals surface area contributed by atoms with Crippen LogP contribution in [0.3, 0.4) is 0 Å². The summed E-state index contributed by atoms with van der Waals surface area (Å²) in [6.07, 6.45) is 0. The molecule has 0 fully saturated rings. The number of aromatic nitrogens is 2. The van der Waals surface area contributed by atoms with Crippen LogP contribution in [0.4, 0.5) is 14.5 Å². The second-order valence-electron chi connectivity index (χ2n) is 3.31. The summed E-state index contributed by atoms with van der Waals surface area (Å²) < 4.78 is 32.2. The number of nitrogens with zero attached hydrogens (tertiary/aromatic N) is 2. The maximum absolute atomic E-state index is 13.4. The Balaban J connectivity index is 2.14. The Morgan fingerprint density at radius 3 is 2.47 bits per heavy atom. The lowest BCUT2D eigenvalue weighted by atomic mass is 10.3. The van der Waals surface area contributed by atoms with Gasteiger partial charge in [0.15, 0.2) is 0 Å². The van der Waals surface area contributed by atoms with Crippen molar-refractivity contribution in [1.29, 1.82) is 0 Å². The number of hydrogen-bond donors (Lipinski definition) is 1. The largest absolute Gasteiger partial charge is 0.424 e. The molecule has 17 heavy (non-hydrogen) atoms. The smallest absolute Gasteiger partial charge is 0.235 e. The predicted octanol–water partition coefficient (Wildman–Crippen LogP) is 3.03. The molecule has 1 N–H and O–H groups in total. The lowest BCUT2D eigenvalue weighted by Gasteiger charge is -2.06. The van der Waals surface area contributed by atoms with Gasteiger partial charge < -0.3 is 9.73 Å². The second kappa shape index (κ2) is 4.79. The maximum Gasteiger partial charge on any atom is 0.235 e. The first-order chi connectivity index (χ1) is 8.06. The van der Waals surface area contributed by atoms with Gasteiger partial charge in [-0.3, -0.25) is 0 Å². The Hall–Kier alpha value is -1.50. The van der Waals surface area contributed by atoms with Crippen LogP contribution in [0.1, 0.15) is 11.8 Å². The Kier molecular flexibility index (Phi) is 3.37. The summed E-state index contributed by atoms with van der Waals surface area (Å²) in [7, 11) is 0. The Labute approximate surface area is 104 Å². The van der Waals surface area contributed by atoms with E-state index in [1.165, 1.54) is 12.1 Å². The van der Waals surface area contributed by atoms with Crippen molar-refractivity contribution in [2.24, 2.45) is 0 Å². The fourth-order valence-corrected chi connectivity index (χ4v) is 1.69. The summed E-state index contributed by atoms with van der Waals surface area (Å²) in [5.74, 6) is -0.705. The van der Waals surface area contributed by atoms with E-state index in [9.17, 15) is 8.78 Å². The van der Waals surface area contributed by atoms with Crippen molar-refractivity contribution in [1.82, 2.24) is 10.2 Å². The predicted molar refractivity (Wildman–Crippen MR) is 60.4 cm³/mol. The van der Waals surface area contributed by atoms with Crippen LogP contribution in [-0.2, 0) is 6.54 Å². The van der Waals surface area contributed by atoms with E-state index in [1.54, 1.807) is 6.92 Å². The van der Waals surface area contributed by atoms with Gasteiger partial charge in [-0.15, -0.1) is 10.2 Å². The van der Waals surface area contributed by atoms with Crippen molar-refractivity contribution in [3.05, 3.63) is 40.0 Å². The molecule has 7 heteroatoms. The first kappa shape index (κ1) is 12.0. The average molecular weight is 304 g/mol. The van der Waals surface area contributed by atoms with Crippen LogP contribution in [0.5, 0.6) is 0 Å². The summed E-state index contributed by atoms with van der Waals surface area (Å²) >= 11 is 3.00. The number of anilines is 1. The van der Waals surface area contributed by atoms with Crippen LogP contribution in [0.2, 0.25) is 0 Å². The van der Waals surface area contributed by atoms with Crippen LogP contribution < -0.4 is 5.32 Å². The maximum atomic E-state index is 13.4. The molecule has 0 atom stereocenters. The van der Waals surface area contributed by atoms with E-state index in [0.717, 1.165) is 0 Å². The molecular weight excluding hydrogens is 296 g/mol. The van der Waals surface area contributed by atoms with Crippen molar-refractivity contribution in [3.8, 4) is 0 Å². The molecule has 0 aliphatic rings. The third kappa shape index (κ3) is 2.79. The van der Waals surface area contributed by atoms with Crippen molar-refractivity contribution in [2.45, 2.75) is 13.5 Å². The molecule has 90 valence electrons. The monoisotopic (exact) mass is 303 g/mol. The zero-order valence-corrected chi connectivity index (χ0v) is 10.4. The molecule has 0 bridgehead atoms. The molecule has 1 heterocycles. The van der Waals surface area contributed by atoms with Crippen LogP contribution in [-0.4, -0.2) is 10.2 Å². The van der Waals surface area contributed by atoms with Crippen LogP contribution in [0.15, 0.2) is 21.0 Å². The summed E-state index contributed by atoms with van der Waals surface area (Å²) in [6.45, 7) is 1.70. The van der Waals surface area contributed by atoms with E-state index in [4.69, 9.17) is 4.42 Å². The quantitative estimate of drug-likeness (QED) is 0.947. The molecule has 0 saturated heterocycles. The van der Waals surface area contributed by atoms with Crippen molar-refractivity contribution in [3.63, 3.8) is 0 Å². The van der Waals surface area contributed by atoms with E-state index in [-0.39, 0.29) is 18.1 Å². The highest BCUT2D eigenvalue weighted by molar-refractivity contribution is 9.10. The topological polar surface area (TPSA) is 51.0 Å². The molecule has 1 aromatic carbocycles. The van der Waals surface area contributed by atoms with Gasteiger partial charge >= 0.3 is 0 Å². The normalized spacial score (nSPS) is 10.6. The second-order valence-corrected chi connectivity index (χ2v) is 4.23. The van der Waals surface area contributed by atoms with Crippen LogP contribution in [0, 0.1) is 18.6 Å². The number of hydrogen-bond acceptors (Lipinski definition) is 4. The first-order valence-corrected chi connectivity index (χ1v) is 5.53. The standard InChI is InChI=1S/C10H8BrF2N3O/c1-5-15-16-9(17-5)4-14-10-7(12)2-6(11)3-8(10)13/h2-3,14H,4H2,1H3. The molecule has 4 nitrogen and oxygen atoms in total. The van der Waals surface area contributed by atoms with Crippen molar-refractivity contribution >= 4 is 21.6 Å². The van der Waals surface area contributed by atoms with Gasteiger partial charge in [0.05, 0.1) is 6.54 Å². The van der Waals surface area contributed by atoms with Crippen LogP contribution in [0.25, 0.3) is 0 Å². The summed E-state index contributed by atoms with van der Waals surface area (Å²) in [6, 6.07) is 2.34. The van der Waals surface area contributed by atoms with Crippen LogP contribution >= 0.6 is 15.9 Å². The molecule has 0 aliphatic heterocycles. The number of aryl methyl sites for hydroxylation is 1. The average Bonchev–Trinajstić information content (AvgIpc) is 2.62. The zero-order chi connectivity index (χ0) is 12.4. The Bertz CT molecular complexity index is 521. The van der Waals surface area contributed by atoms with E-state index >= 15 is 0 Å². The molecule has 0 saturated carbocycles. The fraction of sp³-hybridized carbons (Fsp3) is 0.200. The SMILES string of the molecule is Cc1nnc(CNc2c(F)cc(Br)cc2F)o1. The molecule has 0 radical (unpaired) electrons. The summed E-state index contributed by atoms with van der Waals surface area (Å²) in [5, 5.41) is 9.88. The third-order valence-electron chi connectivity index (χ3n) is 1.99. The Morgan fingerprint density at radius 1 is 1.29 bits per heavy atom. The first-order valence-electron chi connectivity index (χ1n) is 4.73. The van der Waals surface area contributed by atoms with Gasteiger partial charge in [-0.25, -0.2) is 8.78 Å². The number of nitrogens with one attached hydrogen (secondary N) is 1. The molecule has 0 unspecified atom stereocenters. The van der Waals surface area contributed by atoms with E-state index in [0.29, 0.717) is 10.4 Å². The van der Waals surface area contributed by atoms with Gasteiger partial charge in [0.25, 0.3) is 0 Å². The highest BCUT2D eigenvalue weighted by atomic mass is 79.9. The molecule has 2 rings (SSSR count). The highest BCUT2D eigenvalue weighted by Gasteiger charge is 2.11. The zero-order valence-electron chi connectivity index (χ0n) is 8.80. The minimum Gasteiger partial charge on any atom is -0.424 e. The van der Waals surface area contributed by atoms with E-state index in [1.807, 2.05) is 0 Å². The molecule has 1 aromatic heterocycles. The van der Waals surface area contributed by atoms with Gasteiger partial charge in [0.1, 0.15) is 17.3 Å². The van der Waals surface area contributed by atoms with Crippen molar-refractivity contribution in [2.75, 3.05) is 5.32 Å². The van der Waals surface area contributed by atoms with Gasteiger partial charge in [-0.1, -0.05) is 15.9 Å². The molecule has 0 aliphatic carbocycles. The minimum atomic E-state index is -0.687. The lowest BCUT2D eigenvalue weighted by molar-refractivity contribution is 0.473. The van der Waals surface area contributed by atoms with Gasteiger partial charge in [0.2, 0.25) is 11.8 Å². The molecular formula is C10H8BrF2N3O. The summed E-state index contributed by atoms with van der Waals surface area (Å²) in [5.41, 5.74) is -0.218. The van der Waals surface area contributed by atoms with E-state index in [2.05, 4.69) is 31.4 Å². The molecule has 0 amide bonds. The van der Waals surface area contributed by atoms with Gasteiger partial charge in [-0.05, 0) is 12.1 Å². The third-order valence-corrected chi connectivity index (χ3v) is 2.45. The van der Waals surface area contributed by atoms with Gasteiger partial charge in [0, 0.05) is 11.4 Å². The number of benzene rings is 1. The highest BCUT2D eigenvalue weighted by Crippen LogP contribution is 2.24. The number of halogens is 3.